The van der Waals surface area contributed by atoms with E-state index in [1.165, 1.54) is 18.3 Å². The number of rotatable bonds is 5. The average Bonchev–Trinajstić information content (AvgIpc) is 3.03. The maximum atomic E-state index is 14.1. The second kappa shape index (κ2) is 7.22. The SMILES string of the molecule is CNc1ccc(-n2c(-c3ccc(C#N)c(F)c3)nc(C=O)c2C)cc1C=N. The molecule has 0 saturated heterocycles. The van der Waals surface area contributed by atoms with Gasteiger partial charge in [0, 0.05) is 35.8 Å². The Labute approximate surface area is 155 Å². The summed E-state index contributed by atoms with van der Waals surface area (Å²) in [5, 5.41) is 19.5. The fourth-order valence-corrected chi connectivity index (χ4v) is 2.92. The summed E-state index contributed by atoms with van der Waals surface area (Å²) in [6.07, 6.45) is 1.87. The number of anilines is 1. The maximum Gasteiger partial charge on any atom is 0.170 e. The summed E-state index contributed by atoms with van der Waals surface area (Å²) < 4.78 is 15.8. The van der Waals surface area contributed by atoms with Gasteiger partial charge in [-0.25, -0.2) is 9.37 Å². The smallest absolute Gasteiger partial charge is 0.170 e. The summed E-state index contributed by atoms with van der Waals surface area (Å²) in [6, 6.07) is 11.4. The molecule has 1 aromatic heterocycles. The molecule has 0 aliphatic carbocycles. The topological polar surface area (TPSA) is 94.6 Å². The molecule has 0 radical (unpaired) electrons. The van der Waals surface area contributed by atoms with Gasteiger partial charge in [0.2, 0.25) is 0 Å². The van der Waals surface area contributed by atoms with E-state index in [1.807, 2.05) is 12.1 Å². The number of halogens is 1. The highest BCUT2D eigenvalue weighted by Gasteiger charge is 2.18. The van der Waals surface area contributed by atoms with Gasteiger partial charge in [0.15, 0.2) is 6.29 Å². The van der Waals surface area contributed by atoms with E-state index in [0.717, 1.165) is 5.69 Å². The highest BCUT2D eigenvalue weighted by atomic mass is 19.1. The minimum absolute atomic E-state index is 0.0614. The number of hydrogen-bond donors (Lipinski definition) is 2. The number of aromatic nitrogens is 2. The molecule has 3 aromatic rings. The van der Waals surface area contributed by atoms with Crippen molar-refractivity contribution in [2.24, 2.45) is 0 Å². The van der Waals surface area contributed by atoms with Crippen LogP contribution in [0.15, 0.2) is 36.4 Å². The van der Waals surface area contributed by atoms with Gasteiger partial charge in [-0.2, -0.15) is 5.26 Å². The van der Waals surface area contributed by atoms with E-state index in [0.29, 0.717) is 34.6 Å². The molecule has 2 aromatic carbocycles. The Balaban J connectivity index is 2.26. The molecule has 6 nitrogen and oxygen atoms in total. The number of aldehydes is 1. The monoisotopic (exact) mass is 361 g/mol. The van der Waals surface area contributed by atoms with Gasteiger partial charge in [-0.1, -0.05) is 0 Å². The second-order valence-electron chi connectivity index (χ2n) is 5.83. The fourth-order valence-electron chi connectivity index (χ4n) is 2.92. The van der Waals surface area contributed by atoms with Gasteiger partial charge in [0.1, 0.15) is 23.4 Å². The van der Waals surface area contributed by atoms with Gasteiger partial charge in [0.25, 0.3) is 0 Å². The van der Waals surface area contributed by atoms with Gasteiger partial charge in [-0.15, -0.1) is 0 Å². The van der Waals surface area contributed by atoms with Crippen LogP contribution in [0.5, 0.6) is 0 Å². The molecule has 1 heterocycles. The minimum Gasteiger partial charge on any atom is -0.388 e. The first-order valence-electron chi connectivity index (χ1n) is 8.11. The van der Waals surface area contributed by atoms with Crippen molar-refractivity contribution < 1.29 is 9.18 Å². The number of imidazole rings is 1. The quantitative estimate of drug-likeness (QED) is 0.535. The molecule has 0 atom stereocenters. The largest absolute Gasteiger partial charge is 0.388 e. The first kappa shape index (κ1) is 18.0. The third kappa shape index (κ3) is 3.09. The lowest BCUT2D eigenvalue weighted by Crippen LogP contribution is -2.03. The van der Waals surface area contributed by atoms with Crippen molar-refractivity contribution in [3.05, 3.63) is 64.7 Å². The highest BCUT2D eigenvalue weighted by molar-refractivity contribution is 5.87. The molecule has 7 heteroatoms. The lowest BCUT2D eigenvalue weighted by Gasteiger charge is -2.13. The third-order valence-electron chi connectivity index (χ3n) is 4.32. The summed E-state index contributed by atoms with van der Waals surface area (Å²) in [5.41, 5.74) is 3.35. The van der Waals surface area contributed by atoms with E-state index in [9.17, 15) is 9.18 Å². The Kier molecular flexibility index (Phi) is 4.81. The summed E-state index contributed by atoms with van der Waals surface area (Å²) >= 11 is 0. The van der Waals surface area contributed by atoms with Crippen LogP contribution in [-0.2, 0) is 0 Å². The molecule has 0 aliphatic heterocycles. The van der Waals surface area contributed by atoms with Crippen molar-refractivity contribution in [3.8, 4) is 23.1 Å². The van der Waals surface area contributed by atoms with E-state index in [4.69, 9.17) is 10.7 Å². The van der Waals surface area contributed by atoms with Crippen molar-refractivity contribution in [1.29, 1.82) is 10.7 Å². The van der Waals surface area contributed by atoms with Crippen LogP contribution in [0.3, 0.4) is 0 Å². The zero-order valence-electron chi connectivity index (χ0n) is 14.7. The Morgan fingerprint density at radius 2 is 2.07 bits per heavy atom. The number of carbonyl (C=O) groups is 1. The molecule has 0 fully saturated rings. The van der Waals surface area contributed by atoms with Crippen LogP contribution in [0.25, 0.3) is 17.1 Å². The van der Waals surface area contributed by atoms with Crippen molar-refractivity contribution >= 4 is 18.2 Å². The second-order valence-corrected chi connectivity index (χ2v) is 5.83. The van der Waals surface area contributed by atoms with Crippen LogP contribution in [-0.4, -0.2) is 29.1 Å². The Hall–Kier alpha value is -3.79. The predicted molar refractivity (Wildman–Crippen MR) is 101 cm³/mol. The number of benzene rings is 2. The van der Waals surface area contributed by atoms with E-state index in [1.54, 1.807) is 36.7 Å². The molecule has 2 N–H and O–H groups in total. The zero-order valence-corrected chi connectivity index (χ0v) is 14.7. The van der Waals surface area contributed by atoms with E-state index < -0.39 is 5.82 Å². The molecule has 0 spiro atoms. The average molecular weight is 361 g/mol. The van der Waals surface area contributed by atoms with Gasteiger partial charge < -0.3 is 10.7 Å². The van der Waals surface area contributed by atoms with Gasteiger partial charge in [-0.05, 0) is 43.3 Å². The molecule has 0 saturated carbocycles. The number of hydrogen-bond acceptors (Lipinski definition) is 5. The van der Waals surface area contributed by atoms with E-state index >= 15 is 0 Å². The van der Waals surface area contributed by atoms with Crippen LogP contribution in [0, 0.1) is 29.5 Å². The van der Waals surface area contributed by atoms with Crippen LogP contribution < -0.4 is 5.32 Å². The van der Waals surface area contributed by atoms with Gasteiger partial charge in [-0.3, -0.25) is 9.36 Å². The molecular formula is C20H16FN5O. The first-order valence-corrected chi connectivity index (χ1v) is 8.11. The van der Waals surface area contributed by atoms with Crippen molar-refractivity contribution in [3.63, 3.8) is 0 Å². The normalized spacial score (nSPS) is 10.3. The summed E-state index contributed by atoms with van der Waals surface area (Å²) in [6.45, 7) is 1.75. The molecule has 0 unspecified atom stereocenters. The Bertz CT molecular complexity index is 1090. The molecule has 3 rings (SSSR count). The van der Waals surface area contributed by atoms with E-state index in [2.05, 4.69) is 10.3 Å². The number of nitriles is 1. The minimum atomic E-state index is -0.652. The lowest BCUT2D eigenvalue weighted by atomic mass is 10.1. The van der Waals surface area contributed by atoms with Gasteiger partial charge >= 0.3 is 0 Å². The van der Waals surface area contributed by atoms with E-state index in [-0.39, 0.29) is 11.3 Å². The highest BCUT2D eigenvalue weighted by Crippen LogP contribution is 2.29. The Morgan fingerprint density at radius 1 is 1.30 bits per heavy atom. The lowest BCUT2D eigenvalue weighted by molar-refractivity contribution is 0.111. The summed E-state index contributed by atoms with van der Waals surface area (Å²) in [5.74, 6) is -0.272. The third-order valence-corrected chi connectivity index (χ3v) is 4.32. The number of nitrogens with one attached hydrogen (secondary N) is 2. The molecule has 134 valence electrons. The predicted octanol–water partition coefficient (Wildman–Crippen LogP) is 3.71. The summed E-state index contributed by atoms with van der Waals surface area (Å²) in [4.78, 5) is 15.7. The number of carbonyl (C=O) groups excluding carboxylic acids is 1. The van der Waals surface area contributed by atoms with Gasteiger partial charge in [0.05, 0.1) is 11.3 Å². The fraction of sp³-hybridized carbons (Fsp3) is 0.100. The van der Waals surface area contributed by atoms with Crippen LogP contribution in [0.1, 0.15) is 27.3 Å². The standard InChI is InChI=1S/C20H16FN5O/c1-12-19(11-27)25-20(13-3-4-14(9-22)17(21)8-13)26(12)16-5-6-18(24-2)15(7-16)10-23/h3-8,10-11,23-24H,1-2H3. The van der Waals surface area contributed by atoms with Crippen molar-refractivity contribution in [2.45, 2.75) is 6.92 Å². The molecule has 0 bridgehead atoms. The zero-order chi connectivity index (χ0) is 19.6. The molecule has 0 aliphatic rings. The molecule has 27 heavy (non-hydrogen) atoms. The van der Waals surface area contributed by atoms with Crippen LogP contribution in [0.2, 0.25) is 0 Å². The number of nitrogens with zero attached hydrogens (tertiary/aromatic N) is 3. The molecular weight excluding hydrogens is 345 g/mol. The van der Waals surface area contributed by atoms with Crippen LogP contribution >= 0.6 is 0 Å². The first-order chi connectivity index (χ1) is 13.0. The van der Waals surface area contributed by atoms with Crippen molar-refractivity contribution in [2.75, 3.05) is 12.4 Å². The Morgan fingerprint density at radius 3 is 2.67 bits per heavy atom. The maximum absolute atomic E-state index is 14.1. The van der Waals surface area contributed by atoms with Crippen molar-refractivity contribution in [1.82, 2.24) is 9.55 Å². The molecule has 0 amide bonds. The van der Waals surface area contributed by atoms with Crippen LogP contribution in [0.4, 0.5) is 10.1 Å². The summed E-state index contributed by atoms with van der Waals surface area (Å²) in [7, 11) is 1.76.